The zero-order chi connectivity index (χ0) is 12.8. The van der Waals surface area contributed by atoms with Crippen molar-refractivity contribution in [2.75, 3.05) is 23.4 Å². The van der Waals surface area contributed by atoms with Gasteiger partial charge in [-0.25, -0.2) is 0 Å². The molecule has 4 nitrogen and oxygen atoms in total. The Labute approximate surface area is 110 Å². The fraction of sp³-hybridized carbons (Fsp3) is 0.462. The van der Waals surface area contributed by atoms with Crippen LogP contribution in [0.4, 0.5) is 5.69 Å². The smallest absolute Gasteiger partial charge is 0.238 e. The second-order valence-corrected chi connectivity index (χ2v) is 6.11. The van der Waals surface area contributed by atoms with Crippen molar-refractivity contribution in [2.24, 2.45) is 0 Å². The van der Waals surface area contributed by atoms with Crippen LogP contribution in [-0.4, -0.2) is 34.2 Å². The number of carbonyl (C=O) groups excluding carboxylic acids is 1. The number of anilines is 1. The number of nitrogens with one attached hydrogen (secondary N) is 2. The van der Waals surface area contributed by atoms with Gasteiger partial charge in [0.25, 0.3) is 0 Å². The lowest BCUT2D eigenvalue weighted by atomic mass is 10.1. The van der Waals surface area contributed by atoms with Gasteiger partial charge in [0.15, 0.2) is 0 Å². The number of amides is 1. The van der Waals surface area contributed by atoms with E-state index in [1.807, 2.05) is 30.3 Å². The molecule has 0 spiro atoms. The Bertz CT molecular complexity index is 412. The Balaban J connectivity index is 1.70. The van der Waals surface area contributed by atoms with Crippen LogP contribution in [0.1, 0.15) is 12.8 Å². The van der Waals surface area contributed by atoms with E-state index in [1.165, 1.54) is 0 Å². The summed E-state index contributed by atoms with van der Waals surface area (Å²) in [5.74, 6) is 1.46. The molecular formula is C13H18N2O2S. The van der Waals surface area contributed by atoms with Crippen LogP contribution < -0.4 is 10.6 Å². The third-order valence-corrected chi connectivity index (χ3v) is 4.38. The maximum absolute atomic E-state index is 11.7. The average molecular weight is 266 g/mol. The molecule has 0 bridgehead atoms. The Morgan fingerprint density at radius 1 is 1.22 bits per heavy atom. The summed E-state index contributed by atoms with van der Waals surface area (Å²) < 4.78 is 11.2. The molecule has 0 atom stereocenters. The van der Waals surface area contributed by atoms with Crippen LogP contribution >= 0.6 is 0 Å². The molecular weight excluding hydrogens is 248 g/mol. The van der Waals surface area contributed by atoms with Gasteiger partial charge in [0.2, 0.25) is 5.91 Å². The monoisotopic (exact) mass is 266 g/mol. The highest BCUT2D eigenvalue weighted by Gasteiger charge is 2.17. The van der Waals surface area contributed by atoms with Crippen molar-refractivity contribution in [1.29, 1.82) is 0 Å². The molecule has 5 heteroatoms. The molecule has 1 amide bonds. The molecule has 98 valence electrons. The first-order valence-corrected chi connectivity index (χ1v) is 7.66. The van der Waals surface area contributed by atoms with Crippen molar-refractivity contribution >= 4 is 22.4 Å². The van der Waals surface area contributed by atoms with Gasteiger partial charge in [-0.05, 0) is 25.0 Å². The molecule has 1 heterocycles. The Hall–Kier alpha value is -1.20. The number of hydrogen-bond acceptors (Lipinski definition) is 3. The third-order valence-electron chi connectivity index (χ3n) is 3.00. The van der Waals surface area contributed by atoms with Gasteiger partial charge in [0.1, 0.15) is 0 Å². The van der Waals surface area contributed by atoms with Crippen LogP contribution in [0.5, 0.6) is 0 Å². The largest absolute Gasteiger partial charge is 0.325 e. The third kappa shape index (κ3) is 4.23. The Kier molecular flexibility index (Phi) is 4.90. The van der Waals surface area contributed by atoms with E-state index >= 15 is 0 Å². The van der Waals surface area contributed by atoms with Crippen LogP contribution in [0, 0.1) is 0 Å². The van der Waals surface area contributed by atoms with Crippen molar-refractivity contribution < 1.29 is 9.00 Å². The molecule has 0 saturated carbocycles. The number of rotatable bonds is 4. The number of benzene rings is 1. The molecule has 1 saturated heterocycles. The second kappa shape index (κ2) is 6.66. The lowest BCUT2D eigenvalue weighted by molar-refractivity contribution is -0.115. The molecule has 1 aromatic carbocycles. The minimum absolute atomic E-state index is 0.0344. The van der Waals surface area contributed by atoms with E-state index < -0.39 is 10.8 Å². The minimum atomic E-state index is -0.647. The molecule has 1 aliphatic heterocycles. The summed E-state index contributed by atoms with van der Waals surface area (Å²) in [7, 11) is -0.647. The zero-order valence-corrected chi connectivity index (χ0v) is 11.0. The lowest BCUT2D eigenvalue weighted by Gasteiger charge is -2.22. The quantitative estimate of drug-likeness (QED) is 0.859. The molecule has 2 rings (SSSR count). The predicted molar refractivity (Wildman–Crippen MR) is 74.0 cm³/mol. The van der Waals surface area contributed by atoms with E-state index in [4.69, 9.17) is 0 Å². The van der Waals surface area contributed by atoms with E-state index in [1.54, 1.807) is 0 Å². The van der Waals surface area contributed by atoms with E-state index in [0.717, 1.165) is 30.0 Å². The second-order valence-electron chi connectivity index (χ2n) is 4.42. The van der Waals surface area contributed by atoms with Crippen molar-refractivity contribution in [3.05, 3.63) is 30.3 Å². The van der Waals surface area contributed by atoms with E-state index in [0.29, 0.717) is 12.6 Å². The molecule has 0 radical (unpaired) electrons. The maximum Gasteiger partial charge on any atom is 0.238 e. The SMILES string of the molecule is O=C(CNC1CCS(=O)CC1)Nc1ccccc1. The molecule has 2 N–H and O–H groups in total. The minimum Gasteiger partial charge on any atom is -0.325 e. The van der Waals surface area contributed by atoms with Crippen molar-refractivity contribution in [3.63, 3.8) is 0 Å². The van der Waals surface area contributed by atoms with Gasteiger partial charge in [-0.2, -0.15) is 0 Å². The van der Waals surface area contributed by atoms with Gasteiger partial charge in [-0.3, -0.25) is 9.00 Å². The summed E-state index contributed by atoms with van der Waals surface area (Å²) >= 11 is 0. The first kappa shape index (κ1) is 13.2. The lowest BCUT2D eigenvalue weighted by Crippen LogP contribution is -2.40. The van der Waals surface area contributed by atoms with E-state index in [9.17, 15) is 9.00 Å². The highest BCUT2D eigenvalue weighted by atomic mass is 32.2. The normalized spacial score (nSPS) is 23.6. The Morgan fingerprint density at radius 3 is 2.56 bits per heavy atom. The summed E-state index contributed by atoms with van der Waals surface area (Å²) in [5.41, 5.74) is 0.814. The fourth-order valence-corrected chi connectivity index (χ4v) is 3.26. The maximum atomic E-state index is 11.7. The van der Waals surface area contributed by atoms with Crippen LogP contribution in [0.2, 0.25) is 0 Å². The van der Waals surface area contributed by atoms with Crippen molar-refractivity contribution in [3.8, 4) is 0 Å². The number of para-hydroxylation sites is 1. The first-order chi connectivity index (χ1) is 8.74. The molecule has 0 aliphatic carbocycles. The van der Waals surface area contributed by atoms with Crippen molar-refractivity contribution in [2.45, 2.75) is 18.9 Å². The molecule has 1 aromatic rings. The highest BCUT2D eigenvalue weighted by molar-refractivity contribution is 7.85. The van der Waals surface area contributed by atoms with Gasteiger partial charge in [0.05, 0.1) is 6.54 Å². The number of hydrogen-bond donors (Lipinski definition) is 2. The molecule has 18 heavy (non-hydrogen) atoms. The van der Waals surface area contributed by atoms with Crippen LogP contribution in [0.25, 0.3) is 0 Å². The summed E-state index contributed by atoms with van der Waals surface area (Å²) in [5, 5.41) is 6.04. The number of carbonyl (C=O) groups is 1. The van der Waals surface area contributed by atoms with Gasteiger partial charge in [0, 0.05) is 34.0 Å². The van der Waals surface area contributed by atoms with Crippen LogP contribution in [-0.2, 0) is 15.6 Å². The summed E-state index contributed by atoms with van der Waals surface area (Å²) in [6.45, 7) is 0.312. The van der Waals surface area contributed by atoms with E-state index in [2.05, 4.69) is 10.6 Å². The summed E-state index contributed by atoms with van der Waals surface area (Å²) in [6, 6.07) is 9.74. The summed E-state index contributed by atoms with van der Waals surface area (Å²) in [4.78, 5) is 11.7. The standard InChI is InChI=1S/C13H18N2O2S/c16-13(15-12-4-2-1-3-5-12)10-14-11-6-8-18(17)9-7-11/h1-5,11,14H,6-10H2,(H,15,16). The molecule has 0 aromatic heterocycles. The predicted octanol–water partition coefficient (Wildman–Crippen LogP) is 1.13. The van der Waals surface area contributed by atoms with Gasteiger partial charge in [-0.1, -0.05) is 18.2 Å². The van der Waals surface area contributed by atoms with Crippen molar-refractivity contribution in [1.82, 2.24) is 5.32 Å². The van der Waals surface area contributed by atoms with Crippen LogP contribution in [0.3, 0.4) is 0 Å². The topological polar surface area (TPSA) is 58.2 Å². The van der Waals surface area contributed by atoms with Gasteiger partial charge in [-0.15, -0.1) is 0 Å². The summed E-state index contributed by atoms with van der Waals surface area (Å²) in [6.07, 6.45) is 1.79. The first-order valence-electron chi connectivity index (χ1n) is 6.17. The highest BCUT2D eigenvalue weighted by Crippen LogP contribution is 2.09. The van der Waals surface area contributed by atoms with Gasteiger partial charge < -0.3 is 10.6 Å². The fourth-order valence-electron chi connectivity index (χ4n) is 1.96. The van der Waals surface area contributed by atoms with Gasteiger partial charge >= 0.3 is 0 Å². The van der Waals surface area contributed by atoms with E-state index in [-0.39, 0.29) is 5.91 Å². The molecule has 1 fully saturated rings. The molecule has 0 unspecified atom stereocenters. The zero-order valence-electron chi connectivity index (χ0n) is 10.2. The van der Waals surface area contributed by atoms with Crippen LogP contribution in [0.15, 0.2) is 30.3 Å². The Morgan fingerprint density at radius 2 is 1.89 bits per heavy atom. The molecule has 1 aliphatic rings. The average Bonchev–Trinajstić information content (AvgIpc) is 2.39.